The summed E-state index contributed by atoms with van der Waals surface area (Å²) in [5.41, 5.74) is 1.09. The predicted molar refractivity (Wildman–Crippen MR) is 122 cm³/mol. The van der Waals surface area contributed by atoms with Crippen molar-refractivity contribution in [1.29, 1.82) is 0 Å². The van der Waals surface area contributed by atoms with E-state index in [4.69, 9.17) is 21.1 Å². The molecule has 0 spiro atoms. The molecular formula is C23H23BrClNO5. The van der Waals surface area contributed by atoms with Gasteiger partial charge in [-0.05, 0) is 49.2 Å². The number of carbonyl (C=O) groups is 2. The minimum atomic E-state index is -0.729. The van der Waals surface area contributed by atoms with Gasteiger partial charge in [0.05, 0.1) is 23.2 Å². The first kappa shape index (κ1) is 23.3. The van der Waals surface area contributed by atoms with Gasteiger partial charge in [0.2, 0.25) is 0 Å². The van der Waals surface area contributed by atoms with Crippen molar-refractivity contribution in [2.45, 2.75) is 19.4 Å². The fourth-order valence-electron chi connectivity index (χ4n) is 3.56. The summed E-state index contributed by atoms with van der Waals surface area (Å²) >= 11 is 9.67. The molecule has 2 aromatic carbocycles. The second-order valence-corrected chi connectivity index (χ2v) is 8.29. The summed E-state index contributed by atoms with van der Waals surface area (Å²) in [4.78, 5) is 27.3. The molecule has 0 aromatic heterocycles. The molecule has 6 nitrogen and oxygen atoms in total. The number of ether oxygens (including phenoxy) is 2. The lowest BCUT2D eigenvalue weighted by Gasteiger charge is -2.25. The van der Waals surface area contributed by atoms with E-state index in [-0.39, 0.29) is 11.3 Å². The summed E-state index contributed by atoms with van der Waals surface area (Å²) in [6, 6.07) is 11.4. The number of likely N-dealkylation sites (tertiary alicyclic amines) is 1. The van der Waals surface area contributed by atoms with Gasteiger partial charge >= 0.3 is 0 Å². The molecule has 0 aliphatic carbocycles. The van der Waals surface area contributed by atoms with Crippen LogP contribution < -0.4 is 4.74 Å². The van der Waals surface area contributed by atoms with Gasteiger partial charge < -0.3 is 19.5 Å². The normalized spacial score (nSPS) is 17.9. The highest BCUT2D eigenvalue weighted by molar-refractivity contribution is 9.10. The Morgan fingerprint density at radius 2 is 1.90 bits per heavy atom. The maximum absolute atomic E-state index is 13.0. The average Bonchev–Trinajstić information content (AvgIpc) is 3.00. The molecule has 1 heterocycles. The number of hydrogen-bond donors (Lipinski definition) is 1. The van der Waals surface area contributed by atoms with Crippen LogP contribution in [0.2, 0.25) is 5.02 Å². The molecule has 1 amide bonds. The summed E-state index contributed by atoms with van der Waals surface area (Å²) in [6.07, 6.45) is 0.561. The number of Topliss-reactive ketones (excluding diaryl/α,β-unsaturated/α-hetero) is 1. The van der Waals surface area contributed by atoms with E-state index in [0.29, 0.717) is 42.5 Å². The standard InChI is InChI=1S/C23H23BrClNO5/c1-3-31-18-10-7-15(13-17(18)25)21(27)19-20(14-5-8-16(24)9-6-14)26(11-4-12-30-2)23(29)22(19)28/h5-10,13,20,27H,3-4,11-12H2,1-2H3/b21-19-. The van der Waals surface area contributed by atoms with Crippen LogP contribution >= 0.6 is 27.5 Å². The van der Waals surface area contributed by atoms with Gasteiger partial charge in [-0.2, -0.15) is 0 Å². The number of rotatable bonds is 8. The minimum Gasteiger partial charge on any atom is -0.507 e. The van der Waals surface area contributed by atoms with E-state index in [2.05, 4.69) is 15.9 Å². The molecule has 1 aliphatic heterocycles. The molecule has 0 bridgehead atoms. The van der Waals surface area contributed by atoms with E-state index in [1.165, 1.54) is 11.0 Å². The Hall–Kier alpha value is -2.35. The molecule has 1 unspecified atom stereocenters. The van der Waals surface area contributed by atoms with Crippen LogP contribution in [0.15, 0.2) is 52.5 Å². The average molecular weight is 509 g/mol. The predicted octanol–water partition coefficient (Wildman–Crippen LogP) is 4.96. The third kappa shape index (κ3) is 4.95. The highest BCUT2D eigenvalue weighted by Crippen LogP contribution is 2.40. The second-order valence-electron chi connectivity index (χ2n) is 6.97. The molecular weight excluding hydrogens is 486 g/mol. The fourth-order valence-corrected chi connectivity index (χ4v) is 4.06. The van der Waals surface area contributed by atoms with E-state index in [9.17, 15) is 14.7 Å². The minimum absolute atomic E-state index is 0.0324. The molecule has 0 saturated carbocycles. The molecule has 3 rings (SSSR count). The molecule has 2 aromatic rings. The molecule has 0 radical (unpaired) electrons. The quantitative estimate of drug-likeness (QED) is 0.236. The Labute approximate surface area is 194 Å². The van der Waals surface area contributed by atoms with Crippen LogP contribution in [0.25, 0.3) is 5.76 Å². The number of carbonyl (C=O) groups excluding carboxylic acids is 2. The fraction of sp³-hybridized carbons (Fsp3) is 0.304. The SMILES string of the molecule is CCOc1ccc(/C(O)=C2/C(=O)C(=O)N(CCCOC)C2c2ccc(Br)cc2)cc1Cl. The van der Waals surface area contributed by atoms with Crippen molar-refractivity contribution in [1.82, 2.24) is 4.90 Å². The van der Waals surface area contributed by atoms with Gasteiger partial charge in [0, 0.05) is 30.3 Å². The number of halogens is 2. The lowest BCUT2D eigenvalue weighted by atomic mass is 9.95. The summed E-state index contributed by atoms with van der Waals surface area (Å²) in [6.45, 7) is 3.05. The Morgan fingerprint density at radius 1 is 1.19 bits per heavy atom. The number of nitrogens with zero attached hydrogens (tertiary/aromatic N) is 1. The zero-order chi connectivity index (χ0) is 22.5. The summed E-state index contributed by atoms with van der Waals surface area (Å²) in [5, 5.41) is 11.4. The number of aliphatic hydroxyl groups excluding tert-OH is 1. The molecule has 164 valence electrons. The number of benzene rings is 2. The number of amides is 1. The molecule has 1 saturated heterocycles. The summed E-state index contributed by atoms with van der Waals surface area (Å²) < 4.78 is 11.4. The monoisotopic (exact) mass is 507 g/mol. The first-order valence-electron chi connectivity index (χ1n) is 9.84. The molecule has 1 N–H and O–H groups in total. The Balaban J connectivity index is 2.10. The Bertz CT molecular complexity index is 1010. The van der Waals surface area contributed by atoms with Crippen molar-refractivity contribution in [3.63, 3.8) is 0 Å². The number of methoxy groups -OCH3 is 1. The Kier molecular flexibility index (Phi) is 7.75. The number of hydrogen-bond acceptors (Lipinski definition) is 5. The van der Waals surface area contributed by atoms with Crippen molar-refractivity contribution in [3.05, 3.63) is 68.7 Å². The van der Waals surface area contributed by atoms with Crippen LogP contribution in [0, 0.1) is 0 Å². The lowest BCUT2D eigenvalue weighted by Crippen LogP contribution is -2.31. The van der Waals surface area contributed by atoms with Gasteiger partial charge in [-0.1, -0.05) is 39.7 Å². The van der Waals surface area contributed by atoms with Crippen LogP contribution in [0.4, 0.5) is 0 Å². The first-order valence-corrected chi connectivity index (χ1v) is 11.0. The topological polar surface area (TPSA) is 76.1 Å². The van der Waals surface area contributed by atoms with Crippen LogP contribution in [0.5, 0.6) is 5.75 Å². The Morgan fingerprint density at radius 3 is 2.52 bits per heavy atom. The van der Waals surface area contributed by atoms with E-state index < -0.39 is 17.7 Å². The molecule has 31 heavy (non-hydrogen) atoms. The van der Waals surface area contributed by atoms with Gasteiger partial charge in [0.15, 0.2) is 0 Å². The van der Waals surface area contributed by atoms with Crippen LogP contribution in [0.3, 0.4) is 0 Å². The highest BCUT2D eigenvalue weighted by Gasteiger charge is 2.45. The largest absolute Gasteiger partial charge is 0.507 e. The summed E-state index contributed by atoms with van der Waals surface area (Å²) in [5.74, 6) is -1.17. The second kappa shape index (κ2) is 10.3. The number of aliphatic hydroxyl groups is 1. The smallest absolute Gasteiger partial charge is 0.295 e. The molecule has 1 atom stereocenters. The van der Waals surface area contributed by atoms with Crippen molar-refractivity contribution in [3.8, 4) is 5.75 Å². The van der Waals surface area contributed by atoms with Crippen molar-refractivity contribution in [2.75, 3.05) is 26.9 Å². The number of ketones is 1. The highest BCUT2D eigenvalue weighted by atomic mass is 79.9. The maximum Gasteiger partial charge on any atom is 0.295 e. The third-order valence-electron chi connectivity index (χ3n) is 4.98. The van der Waals surface area contributed by atoms with E-state index in [1.54, 1.807) is 19.2 Å². The zero-order valence-corrected chi connectivity index (χ0v) is 19.6. The van der Waals surface area contributed by atoms with Gasteiger partial charge in [-0.3, -0.25) is 9.59 Å². The van der Waals surface area contributed by atoms with Crippen LogP contribution in [-0.2, 0) is 14.3 Å². The van der Waals surface area contributed by atoms with Gasteiger partial charge in [0.1, 0.15) is 11.5 Å². The first-order chi connectivity index (χ1) is 14.9. The van der Waals surface area contributed by atoms with E-state index in [0.717, 1.165) is 10.0 Å². The van der Waals surface area contributed by atoms with Crippen LogP contribution in [0.1, 0.15) is 30.5 Å². The van der Waals surface area contributed by atoms with Crippen molar-refractivity contribution < 1.29 is 24.2 Å². The van der Waals surface area contributed by atoms with Crippen molar-refractivity contribution >= 4 is 45.0 Å². The molecule has 8 heteroatoms. The van der Waals surface area contributed by atoms with Gasteiger partial charge in [-0.15, -0.1) is 0 Å². The zero-order valence-electron chi connectivity index (χ0n) is 17.2. The molecule has 1 aliphatic rings. The van der Waals surface area contributed by atoms with Gasteiger partial charge in [-0.25, -0.2) is 0 Å². The maximum atomic E-state index is 13.0. The van der Waals surface area contributed by atoms with Crippen molar-refractivity contribution in [2.24, 2.45) is 0 Å². The van der Waals surface area contributed by atoms with Crippen LogP contribution in [-0.4, -0.2) is 48.6 Å². The summed E-state index contributed by atoms with van der Waals surface area (Å²) in [7, 11) is 1.58. The van der Waals surface area contributed by atoms with E-state index in [1.807, 2.05) is 31.2 Å². The van der Waals surface area contributed by atoms with E-state index >= 15 is 0 Å². The molecule has 1 fully saturated rings. The third-order valence-corrected chi connectivity index (χ3v) is 5.80. The van der Waals surface area contributed by atoms with Gasteiger partial charge in [0.25, 0.3) is 11.7 Å². The lowest BCUT2D eigenvalue weighted by molar-refractivity contribution is -0.140.